The number of benzene rings is 2. The summed E-state index contributed by atoms with van der Waals surface area (Å²) in [6.45, 7) is 1.89. The first-order valence-electron chi connectivity index (χ1n) is 8.72. The van der Waals surface area contributed by atoms with Crippen molar-refractivity contribution in [3.63, 3.8) is 0 Å². The van der Waals surface area contributed by atoms with Crippen LogP contribution in [0, 0.1) is 0 Å². The molecule has 1 atom stereocenters. The van der Waals surface area contributed by atoms with Crippen LogP contribution in [0.1, 0.15) is 39.5 Å². The fraction of sp³-hybridized carbons (Fsp3) is 0.100. The van der Waals surface area contributed by atoms with Crippen LogP contribution in [-0.2, 0) is 0 Å². The summed E-state index contributed by atoms with van der Waals surface area (Å²) in [5.74, 6) is -0.871. The Morgan fingerprint density at radius 1 is 1.07 bits per heavy atom. The molecule has 0 aliphatic rings. The number of primary amides is 1. The fourth-order valence-electron chi connectivity index (χ4n) is 3.15. The quantitative estimate of drug-likeness (QED) is 0.497. The van der Waals surface area contributed by atoms with Crippen LogP contribution in [0.15, 0.2) is 60.9 Å². The molecule has 4 aromatic rings. The van der Waals surface area contributed by atoms with Crippen LogP contribution in [-0.4, -0.2) is 31.8 Å². The van der Waals surface area contributed by atoms with Gasteiger partial charge in [0.25, 0.3) is 11.8 Å². The molecule has 2 amide bonds. The van der Waals surface area contributed by atoms with E-state index in [-0.39, 0.29) is 17.4 Å². The first-order chi connectivity index (χ1) is 13.6. The number of amides is 2. The van der Waals surface area contributed by atoms with Crippen molar-refractivity contribution in [3.05, 3.63) is 77.9 Å². The number of para-hydroxylation sites is 2. The molecule has 8 heteroatoms. The van der Waals surface area contributed by atoms with Crippen molar-refractivity contribution in [3.8, 4) is 0 Å². The summed E-state index contributed by atoms with van der Waals surface area (Å²) in [6.07, 6.45) is 1.28. The number of nitrogens with zero attached hydrogens (tertiary/aromatic N) is 3. The Balaban J connectivity index is 1.84. The molecule has 4 N–H and O–H groups in total. The largest absolute Gasteiger partial charge is 0.364 e. The maximum absolute atomic E-state index is 13.4. The monoisotopic (exact) mass is 374 g/mol. The number of aromatic amines is 2. The van der Waals surface area contributed by atoms with Crippen LogP contribution < -0.4 is 10.6 Å². The number of nitrogens with one attached hydrogen (secondary N) is 2. The molecule has 0 bridgehead atoms. The molecule has 8 nitrogen and oxygen atoms in total. The minimum absolute atomic E-state index is 0.0358. The molecule has 0 fully saturated rings. The third-order valence-electron chi connectivity index (χ3n) is 4.58. The van der Waals surface area contributed by atoms with Crippen molar-refractivity contribution >= 4 is 28.8 Å². The normalized spacial score (nSPS) is 12.0. The summed E-state index contributed by atoms with van der Waals surface area (Å²) in [5.41, 5.74) is 7.74. The number of H-pyrrole nitrogens is 2. The first-order valence-corrected chi connectivity index (χ1v) is 8.72. The summed E-state index contributed by atoms with van der Waals surface area (Å²) in [6, 6.07) is 16.7. The van der Waals surface area contributed by atoms with Crippen LogP contribution in [0.2, 0.25) is 0 Å². The summed E-state index contributed by atoms with van der Waals surface area (Å²) < 4.78 is 0. The maximum Gasteiger partial charge on any atom is 0.282 e. The number of carbonyl (C=O) groups excluding carboxylic acids is 2. The average Bonchev–Trinajstić information content (AvgIpc) is 3.35. The molecule has 0 saturated heterocycles. The summed E-state index contributed by atoms with van der Waals surface area (Å²) in [5, 5.41) is 0. The Kier molecular flexibility index (Phi) is 4.36. The van der Waals surface area contributed by atoms with Crippen molar-refractivity contribution < 1.29 is 9.59 Å². The predicted molar refractivity (Wildman–Crippen MR) is 105 cm³/mol. The second-order valence-corrected chi connectivity index (χ2v) is 6.33. The van der Waals surface area contributed by atoms with Gasteiger partial charge in [-0.05, 0) is 24.6 Å². The number of nitrogens with two attached hydrogens (primary N) is 1. The van der Waals surface area contributed by atoms with E-state index >= 15 is 0 Å². The second-order valence-electron chi connectivity index (χ2n) is 6.33. The second kappa shape index (κ2) is 6.99. The van der Waals surface area contributed by atoms with Crippen molar-refractivity contribution in [2.45, 2.75) is 13.0 Å². The fourth-order valence-corrected chi connectivity index (χ4v) is 3.15. The van der Waals surface area contributed by atoms with Gasteiger partial charge in [-0.15, -0.1) is 0 Å². The van der Waals surface area contributed by atoms with E-state index in [1.165, 1.54) is 11.2 Å². The zero-order valence-electron chi connectivity index (χ0n) is 15.1. The molecule has 0 spiro atoms. The summed E-state index contributed by atoms with van der Waals surface area (Å²) in [7, 11) is 0. The van der Waals surface area contributed by atoms with Gasteiger partial charge in [0.2, 0.25) is 5.95 Å². The molecule has 1 unspecified atom stereocenters. The van der Waals surface area contributed by atoms with Gasteiger partial charge in [-0.3, -0.25) is 14.5 Å². The zero-order chi connectivity index (χ0) is 19.7. The number of imidazole rings is 2. The van der Waals surface area contributed by atoms with Crippen molar-refractivity contribution in [2.75, 3.05) is 4.90 Å². The highest BCUT2D eigenvalue weighted by Gasteiger charge is 2.31. The number of hydrogen-bond acceptors (Lipinski definition) is 4. The number of aromatic nitrogens is 4. The van der Waals surface area contributed by atoms with Gasteiger partial charge in [-0.25, -0.2) is 9.97 Å². The van der Waals surface area contributed by atoms with E-state index in [0.717, 1.165) is 16.6 Å². The van der Waals surface area contributed by atoms with E-state index in [2.05, 4.69) is 19.9 Å². The van der Waals surface area contributed by atoms with Crippen LogP contribution in [0.4, 0.5) is 5.95 Å². The van der Waals surface area contributed by atoms with Crippen molar-refractivity contribution in [1.82, 2.24) is 19.9 Å². The van der Waals surface area contributed by atoms with E-state index in [9.17, 15) is 9.59 Å². The van der Waals surface area contributed by atoms with Gasteiger partial charge in [0, 0.05) is 0 Å². The Bertz CT molecular complexity index is 1110. The lowest BCUT2D eigenvalue weighted by Crippen LogP contribution is -2.36. The predicted octanol–water partition coefficient (Wildman–Crippen LogP) is 2.79. The minimum Gasteiger partial charge on any atom is -0.364 e. The van der Waals surface area contributed by atoms with Crippen LogP contribution in [0.25, 0.3) is 11.0 Å². The first kappa shape index (κ1) is 17.5. The van der Waals surface area contributed by atoms with Gasteiger partial charge in [-0.1, -0.05) is 42.5 Å². The molecule has 2 heterocycles. The van der Waals surface area contributed by atoms with Crippen molar-refractivity contribution in [1.29, 1.82) is 0 Å². The summed E-state index contributed by atoms with van der Waals surface area (Å²) in [4.78, 5) is 41.0. The molecular weight excluding hydrogens is 356 g/mol. The lowest BCUT2D eigenvalue weighted by molar-refractivity contribution is 0.0948. The third kappa shape index (κ3) is 3.01. The molecule has 4 rings (SSSR count). The SMILES string of the molecule is CC(c1ccccc1)N(C(=O)c1nc[nH]c1C(N)=O)c1nc2ccccc2[nH]1. The standard InChI is InChI=1S/C20H18N6O2/c1-12(13-7-3-2-4-8-13)26(19(28)17-16(18(21)27)22-11-23-17)20-24-14-9-5-6-10-15(14)25-20/h2-12H,1H3,(H2,21,27)(H,22,23)(H,24,25). The summed E-state index contributed by atoms with van der Waals surface area (Å²) >= 11 is 0. The van der Waals surface area contributed by atoms with Gasteiger partial charge >= 0.3 is 0 Å². The molecular formula is C20H18N6O2. The van der Waals surface area contributed by atoms with Gasteiger partial charge in [0.1, 0.15) is 5.69 Å². The van der Waals surface area contributed by atoms with E-state index in [0.29, 0.717) is 5.95 Å². The highest BCUT2D eigenvalue weighted by Crippen LogP contribution is 2.28. The number of anilines is 1. The van der Waals surface area contributed by atoms with Crippen LogP contribution in [0.3, 0.4) is 0 Å². The molecule has 0 saturated carbocycles. The molecule has 28 heavy (non-hydrogen) atoms. The number of fused-ring (bicyclic) bond motifs is 1. The van der Waals surface area contributed by atoms with Crippen LogP contribution in [0.5, 0.6) is 0 Å². The lowest BCUT2D eigenvalue weighted by Gasteiger charge is -2.27. The molecule has 2 aromatic carbocycles. The molecule has 2 aromatic heterocycles. The molecule has 0 aliphatic heterocycles. The third-order valence-corrected chi connectivity index (χ3v) is 4.58. The van der Waals surface area contributed by atoms with Gasteiger partial charge in [0.05, 0.1) is 23.4 Å². The number of carbonyl (C=O) groups is 2. The molecule has 140 valence electrons. The minimum atomic E-state index is -0.752. The Morgan fingerprint density at radius 3 is 2.50 bits per heavy atom. The van der Waals surface area contributed by atoms with E-state index in [1.807, 2.05) is 61.5 Å². The topological polar surface area (TPSA) is 121 Å². The van der Waals surface area contributed by atoms with Gasteiger partial charge in [-0.2, -0.15) is 0 Å². The lowest BCUT2D eigenvalue weighted by atomic mass is 10.1. The highest BCUT2D eigenvalue weighted by atomic mass is 16.2. The number of rotatable bonds is 5. The van der Waals surface area contributed by atoms with E-state index in [1.54, 1.807) is 0 Å². The Hall–Kier alpha value is -3.94. The smallest absolute Gasteiger partial charge is 0.282 e. The molecule has 0 aliphatic carbocycles. The Labute approximate surface area is 160 Å². The van der Waals surface area contributed by atoms with Crippen molar-refractivity contribution in [2.24, 2.45) is 5.73 Å². The van der Waals surface area contributed by atoms with E-state index in [4.69, 9.17) is 5.73 Å². The van der Waals surface area contributed by atoms with Gasteiger partial charge < -0.3 is 15.7 Å². The maximum atomic E-state index is 13.4. The average molecular weight is 374 g/mol. The van der Waals surface area contributed by atoms with Gasteiger partial charge in [0.15, 0.2) is 5.69 Å². The van der Waals surface area contributed by atoms with E-state index < -0.39 is 11.8 Å². The Morgan fingerprint density at radius 2 is 1.79 bits per heavy atom. The molecule has 0 radical (unpaired) electrons. The zero-order valence-corrected chi connectivity index (χ0v) is 15.1. The highest BCUT2D eigenvalue weighted by molar-refractivity contribution is 6.11. The van der Waals surface area contributed by atoms with Crippen LogP contribution >= 0.6 is 0 Å². The number of hydrogen-bond donors (Lipinski definition) is 3.